The van der Waals surface area contributed by atoms with Crippen molar-refractivity contribution in [3.05, 3.63) is 63.7 Å². The number of aromatic nitrogens is 1. The fourth-order valence-corrected chi connectivity index (χ4v) is 9.69. The number of allylic oxidation sites excluding steroid dienone is 4. The summed E-state index contributed by atoms with van der Waals surface area (Å²) in [6.07, 6.45) is 20.9. The molecule has 5 rings (SSSR count). The van der Waals surface area contributed by atoms with Crippen LogP contribution in [0.15, 0.2) is 53.0 Å². The van der Waals surface area contributed by atoms with Gasteiger partial charge in [-0.2, -0.15) is 0 Å². The Hall–Kier alpha value is -1.53. The summed E-state index contributed by atoms with van der Waals surface area (Å²) in [6, 6.07) is 0. The van der Waals surface area contributed by atoms with Crippen molar-refractivity contribution in [1.82, 2.24) is 4.98 Å². The molecule has 4 nitrogen and oxygen atoms in total. The van der Waals surface area contributed by atoms with E-state index in [1.54, 1.807) is 11.3 Å². The molecule has 226 valence electrons. The van der Waals surface area contributed by atoms with E-state index in [1.807, 2.05) is 0 Å². The molecular weight excluding hydrogens is 526 g/mol. The molecule has 0 saturated heterocycles. The summed E-state index contributed by atoms with van der Waals surface area (Å²) in [5.74, 6) is 1.10. The highest BCUT2D eigenvalue weighted by molar-refractivity contribution is 7.09. The quantitative estimate of drug-likeness (QED) is 0.194. The van der Waals surface area contributed by atoms with Gasteiger partial charge in [-0.15, -0.1) is 11.3 Å². The lowest BCUT2D eigenvalue weighted by Gasteiger charge is -2.47. The van der Waals surface area contributed by atoms with Gasteiger partial charge >= 0.3 is 0 Å². The van der Waals surface area contributed by atoms with E-state index in [0.29, 0.717) is 24.7 Å². The first-order chi connectivity index (χ1) is 19.5. The number of fused-ring (bicyclic) bond motifs is 1. The van der Waals surface area contributed by atoms with Crippen LogP contribution in [0.2, 0.25) is 0 Å². The van der Waals surface area contributed by atoms with Crippen molar-refractivity contribution in [2.45, 2.75) is 135 Å². The van der Waals surface area contributed by atoms with Crippen LogP contribution in [0, 0.1) is 22.7 Å². The molecule has 0 aliphatic heterocycles. The van der Waals surface area contributed by atoms with Crippen LogP contribution in [0.25, 0.3) is 0 Å². The number of aliphatic hydroxyl groups excluding tert-OH is 3. The van der Waals surface area contributed by atoms with Crippen LogP contribution in [0.3, 0.4) is 0 Å². The standard InChI is InChI=1S/C36H53NO3S/c1-6-7-8-11-27-23-41-33(37-27)36(19-20-36)32(40)16-18-34(3,4)31-15-14-29-25(10-9-17-35(29,31)5)12-13-26-21-28(38)22-30(39)24(26)2/h12-13,16,18,23,28-32,38-40H,2,6-11,14-15,17,19-22H2,1,3-5H3/b18-16+,25-12+,26-13-/t28-,29+,30+,31-,32+,35+/m1/s1. The van der Waals surface area contributed by atoms with Crippen molar-refractivity contribution < 1.29 is 15.3 Å². The van der Waals surface area contributed by atoms with Crippen molar-refractivity contribution in [3.8, 4) is 0 Å². The van der Waals surface area contributed by atoms with Crippen LogP contribution in [0.4, 0.5) is 0 Å². The zero-order valence-electron chi connectivity index (χ0n) is 25.9. The van der Waals surface area contributed by atoms with E-state index in [0.717, 1.165) is 41.8 Å². The molecule has 5 heteroatoms. The predicted molar refractivity (Wildman–Crippen MR) is 170 cm³/mol. The Kier molecular flexibility index (Phi) is 9.22. The third-order valence-electron chi connectivity index (χ3n) is 11.2. The number of nitrogens with zero attached hydrogens (tertiary/aromatic N) is 1. The van der Waals surface area contributed by atoms with Crippen molar-refractivity contribution in [1.29, 1.82) is 0 Å². The maximum atomic E-state index is 11.4. The van der Waals surface area contributed by atoms with Crippen molar-refractivity contribution >= 4 is 11.3 Å². The molecule has 4 aliphatic carbocycles. The van der Waals surface area contributed by atoms with Gasteiger partial charge in [0.15, 0.2) is 0 Å². The SMILES string of the molecule is C=C1/C(=C\C=C2/CCC[C@]3(C)[C@@H](C(C)(C)/C=C/[C@H](O)C4(c5nc(CCCCC)cs5)CC4)CC[C@@H]23)C[C@@H](O)C[C@@H]1O. The summed E-state index contributed by atoms with van der Waals surface area (Å²) in [4.78, 5) is 4.98. The van der Waals surface area contributed by atoms with Crippen LogP contribution in [0.5, 0.6) is 0 Å². The minimum absolute atomic E-state index is 0.0124. The first kappa shape index (κ1) is 30.9. The number of hydrogen-bond donors (Lipinski definition) is 3. The molecule has 6 atom stereocenters. The van der Waals surface area contributed by atoms with E-state index < -0.39 is 18.3 Å². The molecule has 4 aliphatic rings. The average molecular weight is 580 g/mol. The first-order valence-corrected chi connectivity index (χ1v) is 17.2. The summed E-state index contributed by atoms with van der Waals surface area (Å²) in [7, 11) is 0. The summed E-state index contributed by atoms with van der Waals surface area (Å²) < 4.78 is 0. The molecule has 1 heterocycles. The number of aliphatic hydroxyl groups is 3. The first-order valence-electron chi connectivity index (χ1n) is 16.3. The Labute approximate surface area is 252 Å². The number of unbranched alkanes of at least 4 members (excludes halogenated alkanes) is 2. The third kappa shape index (κ3) is 6.25. The lowest BCUT2D eigenvalue weighted by atomic mass is 9.57. The minimum atomic E-state index is -0.642. The third-order valence-corrected chi connectivity index (χ3v) is 12.3. The van der Waals surface area contributed by atoms with Gasteiger partial charge in [-0.3, -0.25) is 0 Å². The molecular formula is C36H53NO3S. The van der Waals surface area contributed by atoms with Gasteiger partial charge in [-0.05, 0) is 98.0 Å². The lowest BCUT2D eigenvalue weighted by Crippen LogP contribution is -2.39. The van der Waals surface area contributed by atoms with Gasteiger partial charge in [-0.25, -0.2) is 4.98 Å². The van der Waals surface area contributed by atoms with Gasteiger partial charge in [0.1, 0.15) is 5.01 Å². The number of aryl methyl sites for hydroxylation is 1. The monoisotopic (exact) mass is 579 g/mol. The van der Waals surface area contributed by atoms with Crippen molar-refractivity contribution in [3.63, 3.8) is 0 Å². The summed E-state index contributed by atoms with van der Waals surface area (Å²) in [6.45, 7) is 13.6. The summed E-state index contributed by atoms with van der Waals surface area (Å²) in [5, 5.41) is 35.2. The van der Waals surface area contributed by atoms with Crippen LogP contribution >= 0.6 is 11.3 Å². The number of rotatable bonds is 10. The molecule has 0 unspecified atom stereocenters. The molecule has 3 N–H and O–H groups in total. The molecule has 0 aromatic carbocycles. The average Bonchev–Trinajstić information content (AvgIpc) is 3.45. The second-order valence-corrected chi connectivity index (χ2v) is 15.4. The zero-order chi connectivity index (χ0) is 29.4. The highest BCUT2D eigenvalue weighted by Gasteiger charge is 2.54. The largest absolute Gasteiger partial charge is 0.393 e. The smallest absolute Gasteiger partial charge is 0.102 e. The van der Waals surface area contributed by atoms with Gasteiger partial charge in [0.2, 0.25) is 0 Å². The molecule has 41 heavy (non-hydrogen) atoms. The molecule has 1 aromatic heterocycles. The second-order valence-electron chi connectivity index (χ2n) is 14.5. The number of hydrogen-bond acceptors (Lipinski definition) is 5. The summed E-state index contributed by atoms with van der Waals surface area (Å²) in [5.41, 5.74) is 4.50. The Morgan fingerprint density at radius 1 is 1.17 bits per heavy atom. The summed E-state index contributed by atoms with van der Waals surface area (Å²) >= 11 is 1.74. The second kappa shape index (κ2) is 12.2. The van der Waals surface area contributed by atoms with Gasteiger partial charge in [-0.1, -0.05) is 77.0 Å². The normalized spacial score (nSPS) is 34.5. The van der Waals surface area contributed by atoms with Crippen LogP contribution < -0.4 is 0 Å². The molecule has 4 saturated carbocycles. The molecule has 0 radical (unpaired) electrons. The molecule has 4 fully saturated rings. The van der Waals surface area contributed by atoms with Gasteiger partial charge in [0.05, 0.1) is 29.4 Å². The maximum absolute atomic E-state index is 11.4. The van der Waals surface area contributed by atoms with E-state index in [1.165, 1.54) is 56.2 Å². The number of thiazole rings is 1. The molecule has 1 aromatic rings. The van der Waals surface area contributed by atoms with E-state index in [9.17, 15) is 15.3 Å². The topological polar surface area (TPSA) is 73.6 Å². The van der Waals surface area contributed by atoms with Crippen LogP contribution in [-0.4, -0.2) is 38.6 Å². The van der Waals surface area contributed by atoms with E-state index in [4.69, 9.17) is 4.98 Å². The Bertz CT molecular complexity index is 1190. The maximum Gasteiger partial charge on any atom is 0.102 e. The van der Waals surface area contributed by atoms with Crippen LogP contribution in [0.1, 0.15) is 115 Å². The van der Waals surface area contributed by atoms with E-state index in [2.05, 4.69) is 64.0 Å². The van der Waals surface area contributed by atoms with Crippen molar-refractivity contribution in [2.75, 3.05) is 0 Å². The Morgan fingerprint density at radius 3 is 2.68 bits per heavy atom. The minimum Gasteiger partial charge on any atom is -0.393 e. The fourth-order valence-electron chi connectivity index (χ4n) is 8.54. The highest BCUT2D eigenvalue weighted by Crippen LogP contribution is 2.62. The van der Waals surface area contributed by atoms with Gasteiger partial charge < -0.3 is 15.3 Å². The Morgan fingerprint density at radius 2 is 1.95 bits per heavy atom. The fraction of sp³-hybridized carbons (Fsp3) is 0.694. The van der Waals surface area contributed by atoms with Gasteiger partial charge in [0.25, 0.3) is 0 Å². The van der Waals surface area contributed by atoms with Crippen LogP contribution in [-0.2, 0) is 11.8 Å². The lowest BCUT2D eigenvalue weighted by molar-refractivity contribution is 0.0706. The van der Waals surface area contributed by atoms with E-state index >= 15 is 0 Å². The highest BCUT2D eigenvalue weighted by atomic mass is 32.1. The predicted octanol–water partition coefficient (Wildman–Crippen LogP) is 7.99. The Balaban J connectivity index is 1.28. The van der Waals surface area contributed by atoms with E-state index in [-0.39, 0.29) is 16.2 Å². The van der Waals surface area contributed by atoms with Gasteiger partial charge in [0, 0.05) is 11.8 Å². The molecule has 0 bridgehead atoms. The molecule has 0 amide bonds. The molecule has 0 spiro atoms. The van der Waals surface area contributed by atoms with Crippen molar-refractivity contribution in [2.24, 2.45) is 22.7 Å². The zero-order valence-corrected chi connectivity index (χ0v) is 26.7.